The van der Waals surface area contributed by atoms with Gasteiger partial charge in [0.25, 0.3) is 12.0 Å². The number of hydrogen-bond acceptors (Lipinski definition) is 6. The van der Waals surface area contributed by atoms with E-state index in [0.717, 1.165) is 35.3 Å². The van der Waals surface area contributed by atoms with Crippen LogP contribution in [0, 0.1) is 0 Å². The molecule has 1 fully saturated rings. The summed E-state index contributed by atoms with van der Waals surface area (Å²) in [4.78, 5) is 29.2. The molecule has 1 unspecified atom stereocenters. The number of pyridine rings is 2. The number of benzene rings is 1. The first-order valence-electron chi connectivity index (χ1n) is 11.7. The Morgan fingerprint density at radius 2 is 2.06 bits per heavy atom. The largest absolute Gasteiger partial charge is 0.463 e. The minimum absolute atomic E-state index is 0.146. The van der Waals surface area contributed by atoms with Crippen molar-refractivity contribution in [2.24, 2.45) is 0 Å². The second kappa shape index (κ2) is 7.15. The number of nitrogens with zero attached hydrogens (tertiary/aromatic N) is 2. The molecule has 1 atom stereocenters. The molecule has 2 aliphatic carbocycles. The Balaban J connectivity index is 1.61. The van der Waals surface area contributed by atoms with Crippen molar-refractivity contribution in [2.45, 2.75) is 70.1 Å². The number of aliphatic hydroxyl groups excluding tert-OH is 1. The van der Waals surface area contributed by atoms with Crippen molar-refractivity contribution in [1.82, 2.24) is 9.55 Å². The number of aryl methyl sites for hydroxylation is 1. The summed E-state index contributed by atoms with van der Waals surface area (Å²) >= 11 is 0. The fraction of sp³-hybridized carbons (Fsp3) is 0.423. The van der Waals surface area contributed by atoms with Crippen LogP contribution in [0.5, 0.6) is 0 Å². The third kappa shape index (κ3) is 2.75. The predicted molar refractivity (Wildman–Crippen MR) is 125 cm³/mol. The number of carbonyl (C=O) groups excluding carboxylic acids is 1. The van der Waals surface area contributed by atoms with Crippen LogP contribution in [0.3, 0.4) is 0 Å². The molecule has 6 rings (SSSR count). The fourth-order valence-corrected chi connectivity index (χ4v) is 6.61. The van der Waals surface area contributed by atoms with Gasteiger partial charge in [-0.2, -0.15) is 0 Å². The van der Waals surface area contributed by atoms with Crippen LogP contribution in [-0.2, 0) is 34.5 Å². The lowest BCUT2D eigenvalue weighted by Crippen LogP contribution is -2.29. The Morgan fingerprint density at radius 3 is 2.79 bits per heavy atom. The maximum absolute atomic E-state index is 13.4. The van der Waals surface area contributed by atoms with Crippen molar-refractivity contribution in [3.8, 4) is 11.4 Å². The van der Waals surface area contributed by atoms with Crippen molar-refractivity contribution in [3.63, 3.8) is 0 Å². The molecular weight excluding hydrogens is 418 g/mol. The number of fused-ring (bicyclic) bond motifs is 5. The zero-order valence-corrected chi connectivity index (χ0v) is 18.7. The van der Waals surface area contributed by atoms with Crippen LogP contribution in [0.25, 0.3) is 22.3 Å². The quantitative estimate of drug-likeness (QED) is 0.368. The maximum atomic E-state index is 13.4. The maximum Gasteiger partial charge on any atom is 0.293 e. The molecule has 33 heavy (non-hydrogen) atoms. The Bertz CT molecular complexity index is 1380. The third-order valence-electron chi connectivity index (χ3n) is 8.08. The highest BCUT2D eigenvalue weighted by molar-refractivity contribution is 5.95. The van der Waals surface area contributed by atoms with E-state index < -0.39 is 6.10 Å². The molecule has 7 nitrogen and oxygen atoms in total. The number of hydrogen-bond donors (Lipinski definition) is 2. The van der Waals surface area contributed by atoms with Gasteiger partial charge in [0.05, 0.1) is 35.1 Å². The highest BCUT2D eigenvalue weighted by Crippen LogP contribution is 2.54. The zero-order valence-electron chi connectivity index (χ0n) is 18.7. The molecule has 170 valence electrons. The van der Waals surface area contributed by atoms with Gasteiger partial charge in [-0.15, -0.1) is 0 Å². The van der Waals surface area contributed by atoms with Crippen molar-refractivity contribution >= 4 is 23.1 Å². The smallest absolute Gasteiger partial charge is 0.293 e. The summed E-state index contributed by atoms with van der Waals surface area (Å²) in [7, 11) is 0. The summed E-state index contributed by atoms with van der Waals surface area (Å²) in [5.41, 5.74) is 14.1. The number of aliphatic hydroxyl groups is 1. The summed E-state index contributed by atoms with van der Waals surface area (Å²) in [6.45, 7) is 2.20. The third-order valence-corrected chi connectivity index (χ3v) is 8.08. The van der Waals surface area contributed by atoms with Gasteiger partial charge in [0.1, 0.15) is 6.61 Å². The molecule has 1 saturated carbocycles. The molecule has 2 aromatic heterocycles. The van der Waals surface area contributed by atoms with Crippen LogP contribution in [0.1, 0.15) is 72.9 Å². The number of rotatable bonds is 4. The van der Waals surface area contributed by atoms with E-state index in [4.69, 9.17) is 15.5 Å². The first-order chi connectivity index (χ1) is 15.9. The first-order valence-corrected chi connectivity index (χ1v) is 11.7. The molecule has 1 spiro atoms. The Hall–Kier alpha value is -3.19. The monoisotopic (exact) mass is 445 g/mol. The van der Waals surface area contributed by atoms with Crippen LogP contribution in [0.2, 0.25) is 0 Å². The van der Waals surface area contributed by atoms with Gasteiger partial charge in [0, 0.05) is 16.6 Å². The molecule has 3 aliphatic rings. The lowest BCUT2D eigenvalue weighted by Gasteiger charge is -2.37. The highest BCUT2D eigenvalue weighted by atomic mass is 16.5. The Morgan fingerprint density at radius 1 is 1.27 bits per heavy atom. The summed E-state index contributed by atoms with van der Waals surface area (Å²) in [5, 5.41) is 11.5. The van der Waals surface area contributed by atoms with Gasteiger partial charge in [0.15, 0.2) is 0 Å². The normalized spacial score (nSPS) is 18.4. The average molecular weight is 446 g/mol. The first kappa shape index (κ1) is 20.4. The van der Waals surface area contributed by atoms with Crippen LogP contribution in [0.15, 0.2) is 23.0 Å². The predicted octanol–water partition coefficient (Wildman–Crippen LogP) is 3.49. The molecular formula is C26H27N3O4. The average Bonchev–Trinajstić information content (AvgIpc) is 3.41. The molecule has 0 radical (unpaired) electrons. The van der Waals surface area contributed by atoms with Crippen molar-refractivity contribution in [3.05, 3.63) is 56.4 Å². The summed E-state index contributed by atoms with van der Waals surface area (Å²) in [6.07, 6.45) is 5.96. The van der Waals surface area contributed by atoms with Gasteiger partial charge >= 0.3 is 0 Å². The van der Waals surface area contributed by atoms with Gasteiger partial charge in [-0.05, 0) is 72.9 Å². The Kier molecular flexibility index (Phi) is 4.43. The highest BCUT2D eigenvalue weighted by Gasteiger charge is 2.42. The fourth-order valence-electron chi connectivity index (χ4n) is 6.61. The van der Waals surface area contributed by atoms with Crippen molar-refractivity contribution in [2.75, 3.05) is 5.73 Å². The molecule has 0 bridgehead atoms. The lowest BCUT2D eigenvalue weighted by atomic mass is 9.67. The van der Waals surface area contributed by atoms with Crippen LogP contribution in [-0.4, -0.2) is 21.1 Å². The van der Waals surface area contributed by atoms with E-state index in [9.17, 15) is 14.7 Å². The van der Waals surface area contributed by atoms with Gasteiger partial charge in [-0.25, -0.2) is 4.98 Å². The van der Waals surface area contributed by atoms with E-state index in [1.165, 1.54) is 42.2 Å². The van der Waals surface area contributed by atoms with Crippen molar-refractivity contribution in [1.29, 1.82) is 0 Å². The molecule has 7 heteroatoms. The standard InChI is InChI=1S/C26H27N3O4/c1-14(31)16-10-21-24-17(11-29(21)25(32)18(16)12-33-13-30)15-6-9-26(7-2-3-8-26)23-19(27)4-5-20(28-24)22(15)23/h4-5,10,13-14,31H,2-3,6-9,11-12,27H2,1H3. The number of carbonyl (C=O) groups is 1. The zero-order chi connectivity index (χ0) is 22.9. The summed E-state index contributed by atoms with van der Waals surface area (Å²) < 4.78 is 6.59. The molecule has 3 heterocycles. The van der Waals surface area contributed by atoms with E-state index >= 15 is 0 Å². The molecule has 0 amide bonds. The van der Waals surface area contributed by atoms with Gasteiger partial charge in [-0.3, -0.25) is 9.59 Å². The number of nitrogens with two attached hydrogens (primary N) is 1. The molecule has 0 saturated heterocycles. The van der Waals surface area contributed by atoms with Gasteiger partial charge in [-0.1, -0.05) is 12.8 Å². The SMILES string of the molecule is CC(O)c1cc2n(c(=O)c1COC=O)Cc1c-2nc2ccc(N)c3c2c1CCC31CCCC1. The number of ether oxygens (including phenoxy) is 1. The van der Waals surface area contributed by atoms with E-state index in [1.54, 1.807) is 11.5 Å². The lowest BCUT2D eigenvalue weighted by molar-refractivity contribution is -0.129. The van der Waals surface area contributed by atoms with E-state index in [0.29, 0.717) is 29.8 Å². The topological polar surface area (TPSA) is 107 Å². The van der Waals surface area contributed by atoms with E-state index in [1.807, 2.05) is 18.2 Å². The van der Waals surface area contributed by atoms with Gasteiger partial charge < -0.3 is 20.1 Å². The molecule has 3 N–H and O–H groups in total. The minimum Gasteiger partial charge on any atom is -0.463 e. The van der Waals surface area contributed by atoms with E-state index in [-0.39, 0.29) is 17.6 Å². The van der Waals surface area contributed by atoms with Crippen LogP contribution >= 0.6 is 0 Å². The minimum atomic E-state index is -0.870. The van der Waals surface area contributed by atoms with E-state index in [2.05, 4.69) is 0 Å². The second-order valence-corrected chi connectivity index (χ2v) is 9.77. The number of nitrogen functional groups attached to an aromatic ring is 1. The Labute approximate surface area is 191 Å². The van der Waals surface area contributed by atoms with Gasteiger partial charge in [0.2, 0.25) is 0 Å². The summed E-state index contributed by atoms with van der Waals surface area (Å²) in [6, 6.07) is 5.80. The molecule has 3 aromatic rings. The number of aromatic nitrogens is 2. The molecule has 1 aromatic carbocycles. The second-order valence-electron chi connectivity index (χ2n) is 9.77. The number of anilines is 1. The van der Waals surface area contributed by atoms with Crippen LogP contribution < -0.4 is 11.3 Å². The molecule has 1 aliphatic heterocycles. The van der Waals surface area contributed by atoms with Crippen LogP contribution in [0.4, 0.5) is 5.69 Å². The summed E-state index contributed by atoms with van der Waals surface area (Å²) in [5.74, 6) is 0. The van der Waals surface area contributed by atoms with Crippen molar-refractivity contribution < 1.29 is 14.6 Å².